The average molecular weight is 313 g/mol. The molecule has 0 aliphatic carbocycles. The van der Waals surface area contributed by atoms with Crippen molar-refractivity contribution in [2.45, 2.75) is 32.6 Å². The Kier molecular flexibility index (Phi) is 4.74. The third-order valence-electron chi connectivity index (χ3n) is 3.98. The van der Waals surface area contributed by atoms with Crippen molar-refractivity contribution >= 4 is 17.1 Å². The van der Waals surface area contributed by atoms with E-state index in [0.717, 1.165) is 12.0 Å². The van der Waals surface area contributed by atoms with Gasteiger partial charge in [-0.15, -0.1) is 10.2 Å². The van der Waals surface area contributed by atoms with Gasteiger partial charge in [0.1, 0.15) is 11.4 Å². The van der Waals surface area contributed by atoms with Crippen molar-refractivity contribution < 1.29 is 10.0 Å². The van der Waals surface area contributed by atoms with Crippen molar-refractivity contribution in [1.29, 1.82) is 0 Å². The molecule has 23 heavy (non-hydrogen) atoms. The molecule has 6 heteroatoms. The molecule has 2 aromatic rings. The van der Waals surface area contributed by atoms with Crippen molar-refractivity contribution in [3.63, 3.8) is 0 Å². The molecule has 0 amide bonds. The zero-order valence-electron chi connectivity index (χ0n) is 13.4. The first-order chi connectivity index (χ1) is 10.8. The summed E-state index contributed by atoms with van der Waals surface area (Å²) in [5, 5.41) is 28.9. The summed E-state index contributed by atoms with van der Waals surface area (Å²) in [5.74, 6) is -0.0111. The lowest BCUT2D eigenvalue weighted by atomic mass is 9.82. The summed E-state index contributed by atoms with van der Waals surface area (Å²) in [6, 6.07) is 11.3. The van der Waals surface area contributed by atoms with E-state index in [9.17, 15) is 15.2 Å². The van der Waals surface area contributed by atoms with Crippen LogP contribution in [0.1, 0.15) is 32.8 Å². The van der Waals surface area contributed by atoms with Crippen LogP contribution in [0.4, 0.5) is 17.1 Å². The van der Waals surface area contributed by atoms with Crippen LogP contribution in [-0.4, -0.2) is 10.0 Å². The number of hydrogen-bond donors (Lipinski definition) is 1. The Morgan fingerprint density at radius 1 is 1.13 bits per heavy atom. The highest BCUT2D eigenvalue weighted by Gasteiger charge is 2.19. The third-order valence-corrected chi connectivity index (χ3v) is 3.98. The van der Waals surface area contributed by atoms with Crippen LogP contribution < -0.4 is 0 Å². The second kappa shape index (κ2) is 6.56. The minimum atomic E-state index is -0.509. The molecule has 0 aromatic heterocycles. The minimum absolute atomic E-state index is 0.0111. The van der Waals surface area contributed by atoms with Crippen LogP contribution in [0.2, 0.25) is 0 Å². The van der Waals surface area contributed by atoms with Crippen LogP contribution >= 0.6 is 0 Å². The van der Waals surface area contributed by atoms with Gasteiger partial charge in [-0.2, -0.15) is 0 Å². The molecule has 0 heterocycles. The molecule has 0 atom stereocenters. The lowest BCUT2D eigenvalue weighted by Crippen LogP contribution is -2.14. The molecule has 2 rings (SSSR count). The number of phenolic OH excluding ortho intramolecular Hbond substituents is 1. The van der Waals surface area contributed by atoms with Gasteiger partial charge >= 0.3 is 0 Å². The fourth-order valence-electron chi connectivity index (χ4n) is 2.04. The Morgan fingerprint density at radius 2 is 1.78 bits per heavy atom. The van der Waals surface area contributed by atoms with E-state index in [2.05, 4.69) is 31.0 Å². The summed E-state index contributed by atoms with van der Waals surface area (Å²) in [5.41, 5.74) is 1.28. The zero-order valence-corrected chi connectivity index (χ0v) is 13.4. The van der Waals surface area contributed by atoms with Gasteiger partial charge in [-0.3, -0.25) is 10.1 Å². The Bertz CT molecular complexity index is 754. The number of nitro benzene ring substituents is 1. The normalized spacial score (nSPS) is 11.8. The molecule has 0 aliphatic rings. The quantitative estimate of drug-likeness (QED) is 0.455. The van der Waals surface area contributed by atoms with Crippen LogP contribution in [0.15, 0.2) is 52.7 Å². The van der Waals surface area contributed by atoms with Crippen LogP contribution in [0.25, 0.3) is 0 Å². The predicted octanol–water partition coefficient (Wildman–Crippen LogP) is 5.40. The fraction of sp³-hybridized carbons (Fsp3) is 0.294. The molecule has 0 spiro atoms. The fourth-order valence-corrected chi connectivity index (χ4v) is 2.04. The third kappa shape index (κ3) is 3.71. The van der Waals surface area contributed by atoms with E-state index in [0.29, 0.717) is 5.69 Å². The molecular weight excluding hydrogens is 294 g/mol. The van der Waals surface area contributed by atoms with Crippen molar-refractivity contribution in [2.75, 3.05) is 0 Å². The first kappa shape index (κ1) is 16.6. The van der Waals surface area contributed by atoms with Crippen molar-refractivity contribution in [3.05, 3.63) is 58.1 Å². The topological polar surface area (TPSA) is 88.1 Å². The molecule has 0 saturated carbocycles. The van der Waals surface area contributed by atoms with Gasteiger partial charge in [0.15, 0.2) is 5.69 Å². The Labute approximate surface area is 134 Å². The maximum atomic E-state index is 11.0. The van der Waals surface area contributed by atoms with Gasteiger partial charge in [0.25, 0.3) is 5.69 Å². The zero-order chi connectivity index (χ0) is 17.0. The highest BCUT2D eigenvalue weighted by atomic mass is 16.6. The molecule has 0 unspecified atom stereocenters. The Balaban J connectivity index is 2.41. The van der Waals surface area contributed by atoms with Crippen molar-refractivity contribution in [3.8, 4) is 5.75 Å². The van der Waals surface area contributed by atoms with Gasteiger partial charge in [-0.25, -0.2) is 0 Å². The summed E-state index contributed by atoms with van der Waals surface area (Å²) in [7, 11) is 0. The summed E-state index contributed by atoms with van der Waals surface area (Å²) < 4.78 is 0. The number of phenols is 1. The highest BCUT2D eigenvalue weighted by Crippen LogP contribution is 2.36. The van der Waals surface area contributed by atoms with Crippen molar-refractivity contribution in [1.82, 2.24) is 0 Å². The average Bonchev–Trinajstić information content (AvgIpc) is 2.54. The van der Waals surface area contributed by atoms with Gasteiger partial charge < -0.3 is 5.11 Å². The summed E-state index contributed by atoms with van der Waals surface area (Å²) in [6.45, 7) is 6.28. The molecule has 0 bridgehead atoms. The number of para-hydroxylation sites is 1. The number of nitrogens with zero attached hydrogens (tertiary/aromatic N) is 3. The number of azo groups is 1. The number of rotatable bonds is 5. The van der Waals surface area contributed by atoms with Gasteiger partial charge in [-0.1, -0.05) is 39.0 Å². The molecule has 0 fully saturated rings. The largest absolute Gasteiger partial charge is 0.506 e. The lowest BCUT2D eigenvalue weighted by Gasteiger charge is -2.23. The van der Waals surface area contributed by atoms with E-state index in [-0.39, 0.29) is 22.5 Å². The first-order valence-electron chi connectivity index (χ1n) is 7.34. The van der Waals surface area contributed by atoms with E-state index in [1.165, 1.54) is 12.1 Å². The smallest absolute Gasteiger partial charge is 0.296 e. The number of aromatic hydroxyl groups is 1. The monoisotopic (exact) mass is 313 g/mol. The summed E-state index contributed by atoms with van der Waals surface area (Å²) >= 11 is 0. The second-order valence-corrected chi connectivity index (χ2v) is 5.89. The molecule has 6 nitrogen and oxygen atoms in total. The Morgan fingerprint density at radius 3 is 2.43 bits per heavy atom. The molecular formula is C17H19N3O3. The Hall–Kier alpha value is -2.76. The maximum Gasteiger partial charge on any atom is 0.296 e. The van der Waals surface area contributed by atoms with E-state index in [1.807, 2.05) is 6.07 Å². The lowest BCUT2D eigenvalue weighted by molar-refractivity contribution is -0.384. The first-order valence-corrected chi connectivity index (χ1v) is 7.34. The number of benzene rings is 2. The van der Waals surface area contributed by atoms with Gasteiger partial charge in [0, 0.05) is 6.07 Å². The molecule has 2 aromatic carbocycles. The summed E-state index contributed by atoms with van der Waals surface area (Å²) in [4.78, 5) is 10.5. The minimum Gasteiger partial charge on any atom is -0.506 e. The van der Waals surface area contributed by atoms with Crippen LogP contribution in [0.3, 0.4) is 0 Å². The van der Waals surface area contributed by atoms with E-state index in [4.69, 9.17) is 0 Å². The molecule has 1 N–H and O–H groups in total. The highest BCUT2D eigenvalue weighted by molar-refractivity contribution is 5.58. The van der Waals surface area contributed by atoms with Crippen LogP contribution in [0.5, 0.6) is 5.75 Å². The molecule has 0 aliphatic heterocycles. The van der Waals surface area contributed by atoms with E-state index in [1.54, 1.807) is 24.3 Å². The van der Waals surface area contributed by atoms with Crippen molar-refractivity contribution in [2.24, 2.45) is 10.2 Å². The molecule has 0 radical (unpaired) electrons. The van der Waals surface area contributed by atoms with E-state index < -0.39 is 4.92 Å². The van der Waals surface area contributed by atoms with Crippen LogP contribution in [0, 0.1) is 10.1 Å². The second-order valence-electron chi connectivity index (χ2n) is 5.89. The van der Waals surface area contributed by atoms with Gasteiger partial charge in [0.05, 0.1) is 4.92 Å². The van der Waals surface area contributed by atoms with Gasteiger partial charge in [0.2, 0.25) is 0 Å². The number of nitro groups is 1. The van der Waals surface area contributed by atoms with Gasteiger partial charge in [-0.05, 0) is 35.6 Å². The predicted molar refractivity (Wildman–Crippen MR) is 88.7 cm³/mol. The maximum absolute atomic E-state index is 11.0. The standard InChI is InChI=1S/C17H19N3O3/c1-4-17(2,3)12-9-10-16(21)14(11-12)19-18-13-7-5-6-8-15(13)20(22)23/h5-11,21H,4H2,1-3H3. The molecule has 120 valence electrons. The molecule has 0 saturated heterocycles. The van der Waals surface area contributed by atoms with E-state index >= 15 is 0 Å². The van der Waals surface area contributed by atoms with Crippen LogP contribution in [-0.2, 0) is 5.41 Å². The SMILES string of the molecule is CCC(C)(C)c1ccc(O)c(N=Nc2ccccc2[N+](=O)[O-])c1. The number of hydrogen-bond acceptors (Lipinski definition) is 5. The summed E-state index contributed by atoms with van der Waals surface area (Å²) in [6.07, 6.45) is 0.929.